The van der Waals surface area contributed by atoms with Crippen molar-refractivity contribution in [1.82, 2.24) is 4.90 Å². The van der Waals surface area contributed by atoms with Crippen molar-refractivity contribution < 1.29 is 9.50 Å². The van der Waals surface area contributed by atoms with Crippen LogP contribution in [-0.2, 0) is 13.1 Å². The Hall–Kier alpha value is -1.97. The molecule has 3 heteroatoms. The molecule has 0 saturated carbocycles. The summed E-state index contributed by atoms with van der Waals surface area (Å²) in [5.74, 6) is -0.226. The maximum atomic E-state index is 13.1. The molecule has 1 N–H and O–H groups in total. The number of hydrogen-bond acceptors (Lipinski definition) is 2. The van der Waals surface area contributed by atoms with Crippen molar-refractivity contribution in [3.63, 3.8) is 0 Å². The first-order valence-electron chi connectivity index (χ1n) is 8.80. The number of nitrogens with zero attached hydrogens (tertiary/aromatic N) is 1. The van der Waals surface area contributed by atoms with Gasteiger partial charge in [-0.05, 0) is 55.5 Å². The Labute approximate surface area is 150 Å². The summed E-state index contributed by atoms with van der Waals surface area (Å²) in [5.41, 5.74) is 4.80. The first kappa shape index (κ1) is 19.4. The summed E-state index contributed by atoms with van der Waals surface area (Å²) >= 11 is 0. The second-order valence-electron chi connectivity index (χ2n) is 6.75. The zero-order valence-electron chi connectivity index (χ0n) is 15.2. The minimum atomic E-state index is -0.399. The number of allylic oxidation sites excluding steroid dienone is 1. The molecule has 2 aromatic carbocycles. The number of aliphatic hydroxyl groups excluding tert-OH is 1. The highest BCUT2D eigenvalue weighted by atomic mass is 19.1. The van der Waals surface area contributed by atoms with Crippen LogP contribution < -0.4 is 0 Å². The summed E-state index contributed by atoms with van der Waals surface area (Å²) in [4.78, 5) is 2.22. The second kappa shape index (κ2) is 9.50. The summed E-state index contributed by atoms with van der Waals surface area (Å²) in [6, 6.07) is 13.0. The van der Waals surface area contributed by atoms with Gasteiger partial charge in [-0.3, -0.25) is 4.90 Å². The van der Waals surface area contributed by atoms with Crippen LogP contribution in [0.1, 0.15) is 35.1 Å². The van der Waals surface area contributed by atoms with E-state index in [-0.39, 0.29) is 5.82 Å². The average molecular weight is 341 g/mol. The molecule has 2 rings (SSSR count). The third-order valence-corrected chi connectivity index (χ3v) is 4.38. The molecule has 0 aromatic heterocycles. The number of halogens is 1. The zero-order valence-corrected chi connectivity index (χ0v) is 15.2. The van der Waals surface area contributed by atoms with Gasteiger partial charge in [0.1, 0.15) is 5.82 Å². The van der Waals surface area contributed by atoms with Crippen molar-refractivity contribution in [3.05, 3.63) is 83.2 Å². The van der Waals surface area contributed by atoms with Crippen LogP contribution >= 0.6 is 0 Å². The van der Waals surface area contributed by atoms with E-state index >= 15 is 0 Å². The number of hydrogen-bond donors (Lipinski definition) is 1. The first-order chi connectivity index (χ1) is 12.0. The molecule has 0 spiro atoms. The maximum Gasteiger partial charge on any atom is 0.123 e. The number of aryl methyl sites for hydroxylation is 2. The Balaban J connectivity index is 2.12. The van der Waals surface area contributed by atoms with Crippen LogP contribution in [0.15, 0.2) is 55.1 Å². The van der Waals surface area contributed by atoms with Crippen LogP contribution in [-0.4, -0.2) is 22.7 Å². The van der Waals surface area contributed by atoms with Crippen molar-refractivity contribution in [2.45, 2.75) is 45.9 Å². The standard InChI is InChI=1S/C22H28FNO/c1-4-5-6-22(25)16-24(14-19-8-11-21(23)12-9-19)15-20-10-7-17(2)13-18(20)3/h4,7-13,22,25H,1,5-6,14-16H2,2-3H3. The molecule has 0 aliphatic rings. The molecular formula is C22H28FNO. The van der Waals surface area contributed by atoms with Crippen LogP contribution in [0, 0.1) is 19.7 Å². The van der Waals surface area contributed by atoms with Crippen LogP contribution in [0.25, 0.3) is 0 Å². The predicted octanol–water partition coefficient (Wildman–Crippen LogP) is 4.77. The van der Waals surface area contributed by atoms with Gasteiger partial charge < -0.3 is 5.11 Å². The SMILES string of the molecule is C=CCCC(O)CN(Cc1ccc(F)cc1)Cc1ccc(C)cc1C. The van der Waals surface area contributed by atoms with Gasteiger partial charge in [-0.2, -0.15) is 0 Å². The lowest BCUT2D eigenvalue weighted by atomic mass is 10.0. The number of rotatable bonds is 9. The fraction of sp³-hybridized carbons (Fsp3) is 0.364. The van der Waals surface area contributed by atoms with Crippen molar-refractivity contribution in [2.24, 2.45) is 0 Å². The van der Waals surface area contributed by atoms with Gasteiger partial charge in [0.15, 0.2) is 0 Å². The van der Waals surface area contributed by atoms with Gasteiger partial charge in [0.05, 0.1) is 6.10 Å². The summed E-state index contributed by atoms with van der Waals surface area (Å²) in [6.07, 6.45) is 2.94. The fourth-order valence-electron chi connectivity index (χ4n) is 3.00. The maximum absolute atomic E-state index is 13.1. The average Bonchev–Trinajstić information content (AvgIpc) is 2.57. The summed E-state index contributed by atoms with van der Waals surface area (Å²) in [7, 11) is 0. The molecule has 0 aliphatic heterocycles. The predicted molar refractivity (Wildman–Crippen MR) is 102 cm³/mol. The van der Waals surface area contributed by atoms with E-state index in [9.17, 15) is 9.50 Å². The molecule has 0 bridgehead atoms. The Morgan fingerprint density at radius 3 is 2.48 bits per heavy atom. The van der Waals surface area contributed by atoms with Gasteiger partial charge in [0, 0.05) is 19.6 Å². The number of aliphatic hydroxyl groups is 1. The van der Waals surface area contributed by atoms with E-state index in [1.165, 1.54) is 28.8 Å². The molecule has 2 nitrogen and oxygen atoms in total. The van der Waals surface area contributed by atoms with Crippen molar-refractivity contribution in [1.29, 1.82) is 0 Å². The van der Waals surface area contributed by atoms with Gasteiger partial charge in [-0.1, -0.05) is 42.0 Å². The van der Waals surface area contributed by atoms with E-state index in [1.54, 1.807) is 12.1 Å². The topological polar surface area (TPSA) is 23.5 Å². The van der Waals surface area contributed by atoms with Gasteiger partial charge in [0.25, 0.3) is 0 Å². The Morgan fingerprint density at radius 2 is 1.84 bits per heavy atom. The molecule has 0 fully saturated rings. The smallest absolute Gasteiger partial charge is 0.123 e. The van der Waals surface area contributed by atoms with E-state index in [0.717, 1.165) is 18.5 Å². The monoisotopic (exact) mass is 341 g/mol. The van der Waals surface area contributed by atoms with Crippen molar-refractivity contribution in [2.75, 3.05) is 6.54 Å². The van der Waals surface area contributed by atoms with E-state index in [4.69, 9.17) is 0 Å². The third-order valence-electron chi connectivity index (χ3n) is 4.38. The highest BCUT2D eigenvalue weighted by molar-refractivity contribution is 5.30. The van der Waals surface area contributed by atoms with Crippen LogP contribution in [0.4, 0.5) is 4.39 Å². The van der Waals surface area contributed by atoms with Gasteiger partial charge in [0.2, 0.25) is 0 Å². The Bertz CT molecular complexity index is 681. The Morgan fingerprint density at radius 1 is 1.12 bits per heavy atom. The summed E-state index contributed by atoms with van der Waals surface area (Å²) < 4.78 is 13.1. The molecule has 1 atom stereocenters. The summed E-state index contributed by atoms with van der Waals surface area (Å²) in [6.45, 7) is 9.94. The molecular weight excluding hydrogens is 313 g/mol. The highest BCUT2D eigenvalue weighted by Gasteiger charge is 2.14. The van der Waals surface area contributed by atoms with Gasteiger partial charge in [-0.15, -0.1) is 6.58 Å². The van der Waals surface area contributed by atoms with Crippen LogP contribution in [0.5, 0.6) is 0 Å². The van der Waals surface area contributed by atoms with Crippen LogP contribution in [0.3, 0.4) is 0 Å². The van der Waals surface area contributed by atoms with Crippen molar-refractivity contribution in [3.8, 4) is 0 Å². The van der Waals surface area contributed by atoms with Gasteiger partial charge >= 0.3 is 0 Å². The molecule has 0 heterocycles. The summed E-state index contributed by atoms with van der Waals surface area (Å²) in [5, 5.41) is 10.3. The normalized spacial score (nSPS) is 12.4. The molecule has 0 amide bonds. The van der Waals surface area contributed by atoms with Crippen LogP contribution in [0.2, 0.25) is 0 Å². The third kappa shape index (κ3) is 6.45. The Kier molecular flexibility index (Phi) is 7.35. The van der Waals surface area contributed by atoms with E-state index < -0.39 is 6.10 Å². The quantitative estimate of drug-likeness (QED) is 0.664. The van der Waals surface area contributed by atoms with E-state index in [1.807, 2.05) is 6.08 Å². The molecule has 2 aromatic rings. The van der Waals surface area contributed by atoms with Gasteiger partial charge in [-0.25, -0.2) is 4.39 Å². The molecule has 0 radical (unpaired) electrons. The molecule has 1 unspecified atom stereocenters. The number of benzene rings is 2. The molecule has 0 aliphatic carbocycles. The molecule has 134 valence electrons. The van der Waals surface area contributed by atoms with E-state index in [2.05, 4.69) is 43.5 Å². The van der Waals surface area contributed by atoms with E-state index in [0.29, 0.717) is 19.5 Å². The second-order valence-corrected chi connectivity index (χ2v) is 6.75. The largest absolute Gasteiger partial charge is 0.392 e. The highest BCUT2D eigenvalue weighted by Crippen LogP contribution is 2.16. The minimum Gasteiger partial charge on any atom is -0.392 e. The van der Waals surface area contributed by atoms with Crippen molar-refractivity contribution >= 4 is 0 Å². The minimum absolute atomic E-state index is 0.226. The molecule has 25 heavy (non-hydrogen) atoms. The lowest BCUT2D eigenvalue weighted by Crippen LogP contribution is -2.32. The molecule has 0 saturated heterocycles. The zero-order chi connectivity index (χ0) is 18.2. The lowest BCUT2D eigenvalue weighted by Gasteiger charge is -2.26. The fourth-order valence-corrected chi connectivity index (χ4v) is 3.00. The lowest BCUT2D eigenvalue weighted by molar-refractivity contribution is 0.0983. The first-order valence-corrected chi connectivity index (χ1v) is 8.80.